The molecule has 0 aliphatic carbocycles. The molecule has 124 valence electrons. The fourth-order valence-corrected chi connectivity index (χ4v) is 2.98. The summed E-state index contributed by atoms with van der Waals surface area (Å²) in [5.74, 6) is 0.418. The van der Waals surface area contributed by atoms with Crippen molar-refractivity contribution in [2.75, 3.05) is 0 Å². The van der Waals surface area contributed by atoms with Gasteiger partial charge in [-0.25, -0.2) is 0 Å². The van der Waals surface area contributed by atoms with Gasteiger partial charge < -0.3 is 9.84 Å². The van der Waals surface area contributed by atoms with Crippen LogP contribution in [0.1, 0.15) is 16.1 Å². The van der Waals surface area contributed by atoms with Crippen LogP contribution < -0.4 is 5.32 Å². The van der Waals surface area contributed by atoms with E-state index in [0.717, 1.165) is 22.8 Å². The van der Waals surface area contributed by atoms with Crippen LogP contribution >= 0.6 is 23.3 Å². The number of nitrogens with one attached hydrogen (secondary N) is 1. The first-order chi connectivity index (χ1) is 12.2. The second-order valence-corrected chi connectivity index (χ2v) is 6.30. The molecular weight excluding hydrogens is 360 g/mol. The predicted octanol–water partition coefficient (Wildman–Crippen LogP) is 3.93. The maximum absolute atomic E-state index is 12.3. The molecule has 1 N–H and O–H groups in total. The number of halogens is 1. The Kier molecular flexibility index (Phi) is 4.17. The largest absolute Gasteiger partial charge is 0.356 e. The molecule has 2 aromatic heterocycles. The van der Waals surface area contributed by atoms with E-state index < -0.39 is 0 Å². The molecule has 4 rings (SSSR count). The van der Waals surface area contributed by atoms with E-state index in [2.05, 4.69) is 19.2 Å². The van der Waals surface area contributed by atoms with E-state index in [1.54, 1.807) is 36.4 Å². The molecule has 0 radical (unpaired) electrons. The third kappa shape index (κ3) is 3.38. The van der Waals surface area contributed by atoms with Gasteiger partial charge in [0.05, 0.1) is 18.3 Å². The Bertz CT molecular complexity index is 1040. The van der Waals surface area contributed by atoms with Crippen molar-refractivity contribution in [2.24, 2.45) is 0 Å². The van der Waals surface area contributed by atoms with Gasteiger partial charge in [-0.3, -0.25) is 4.79 Å². The van der Waals surface area contributed by atoms with E-state index in [-0.39, 0.29) is 12.5 Å². The smallest absolute Gasteiger partial charge is 0.251 e. The number of rotatable bonds is 4. The molecule has 0 unspecified atom stereocenters. The minimum Gasteiger partial charge on any atom is -0.356 e. The topological polar surface area (TPSA) is 80.9 Å². The highest BCUT2D eigenvalue weighted by Gasteiger charge is 2.11. The summed E-state index contributed by atoms with van der Waals surface area (Å²) in [4.78, 5) is 12.3. The summed E-state index contributed by atoms with van der Waals surface area (Å²) in [5, 5.41) is 7.45. The predicted molar refractivity (Wildman–Crippen MR) is 95.5 cm³/mol. The summed E-state index contributed by atoms with van der Waals surface area (Å²) in [7, 11) is 0. The van der Waals surface area contributed by atoms with Crippen LogP contribution in [-0.2, 0) is 6.54 Å². The van der Waals surface area contributed by atoms with E-state index in [9.17, 15) is 4.79 Å². The van der Waals surface area contributed by atoms with Crippen molar-refractivity contribution >= 4 is 40.3 Å². The Hall–Kier alpha value is -2.77. The molecule has 0 saturated heterocycles. The molecule has 2 heterocycles. The molecule has 0 fully saturated rings. The number of carbonyl (C=O) groups excluding carboxylic acids is 1. The summed E-state index contributed by atoms with van der Waals surface area (Å²) in [6.45, 7) is 0.267. The van der Waals surface area contributed by atoms with Gasteiger partial charge in [-0.2, -0.15) is 8.75 Å². The van der Waals surface area contributed by atoms with E-state index in [4.69, 9.17) is 16.1 Å². The fraction of sp³-hybridized carbons (Fsp3) is 0.0588. The Morgan fingerprint density at radius 1 is 1.08 bits per heavy atom. The molecule has 4 aromatic rings. The van der Waals surface area contributed by atoms with Gasteiger partial charge in [-0.15, -0.1) is 0 Å². The van der Waals surface area contributed by atoms with E-state index in [0.29, 0.717) is 27.6 Å². The van der Waals surface area contributed by atoms with Crippen LogP contribution in [0.15, 0.2) is 53.1 Å². The summed E-state index contributed by atoms with van der Waals surface area (Å²) in [6, 6.07) is 14.3. The second-order valence-electron chi connectivity index (χ2n) is 5.34. The van der Waals surface area contributed by atoms with Crippen LogP contribution in [0.4, 0.5) is 0 Å². The SMILES string of the molecule is O=C(NCc1cc(-c2ccc(Cl)cc2)on1)c1ccc2nsnc2c1. The minimum atomic E-state index is -0.203. The summed E-state index contributed by atoms with van der Waals surface area (Å²) < 4.78 is 13.6. The summed E-state index contributed by atoms with van der Waals surface area (Å²) in [5.41, 5.74) is 3.53. The lowest BCUT2D eigenvalue weighted by Gasteiger charge is -2.02. The zero-order chi connectivity index (χ0) is 17.2. The normalized spacial score (nSPS) is 10.9. The molecule has 25 heavy (non-hydrogen) atoms. The first-order valence-corrected chi connectivity index (χ1v) is 8.52. The first kappa shape index (κ1) is 15.7. The summed E-state index contributed by atoms with van der Waals surface area (Å²) in [6.07, 6.45) is 0. The number of carbonyl (C=O) groups is 1. The van der Waals surface area contributed by atoms with Crippen molar-refractivity contribution in [3.05, 3.63) is 64.8 Å². The van der Waals surface area contributed by atoms with Crippen LogP contribution in [0.25, 0.3) is 22.4 Å². The molecule has 0 saturated carbocycles. The van der Waals surface area contributed by atoms with Gasteiger partial charge in [-0.05, 0) is 42.5 Å². The Balaban J connectivity index is 1.44. The third-order valence-electron chi connectivity index (χ3n) is 3.63. The number of hydrogen-bond acceptors (Lipinski definition) is 6. The average molecular weight is 371 g/mol. The molecule has 0 aliphatic heterocycles. The monoisotopic (exact) mass is 370 g/mol. The van der Waals surface area contributed by atoms with Gasteiger partial charge in [0, 0.05) is 22.2 Å². The number of amides is 1. The van der Waals surface area contributed by atoms with Crippen LogP contribution in [0.3, 0.4) is 0 Å². The molecule has 8 heteroatoms. The molecule has 0 atom stereocenters. The first-order valence-electron chi connectivity index (χ1n) is 7.41. The Labute approximate surface area is 151 Å². The zero-order valence-corrected chi connectivity index (χ0v) is 14.3. The minimum absolute atomic E-state index is 0.203. The van der Waals surface area contributed by atoms with Crippen LogP contribution in [0.5, 0.6) is 0 Å². The van der Waals surface area contributed by atoms with E-state index in [1.807, 2.05) is 12.1 Å². The van der Waals surface area contributed by atoms with Gasteiger partial charge >= 0.3 is 0 Å². The highest BCUT2D eigenvalue weighted by Crippen LogP contribution is 2.22. The standard InChI is InChI=1S/C17H11ClN4O2S/c18-12-4-1-10(2-5-12)16-8-13(20-24-16)9-19-17(23)11-3-6-14-15(7-11)22-25-21-14/h1-8H,9H2,(H,19,23). The molecular formula is C17H11ClN4O2S. The maximum Gasteiger partial charge on any atom is 0.251 e. The van der Waals surface area contributed by atoms with Crippen LogP contribution in [-0.4, -0.2) is 19.8 Å². The van der Waals surface area contributed by atoms with Crippen molar-refractivity contribution in [3.8, 4) is 11.3 Å². The van der Waals surface area contributed by atoms with Crippen LogP contribution in [0.2, 0.25) is 5.02 Å². The second kappa shape index (κ2) is 6.62. The fourth-order valence-electron chi connectivity index (χ4n) is 2.34. The van der Waals surface area contributed by atoms with E-state index in [1.165, 1.54) is 0 Å². The van der Waals surface area contributed by atoms with Gasteiger partial charge in [0.2, 0.25) is 0 Å². The number of fused-ring (bicyclic) bond motifs is 1. The van der Waals surface area contributed by atoms with Crippen molar-refractivity contribution < 1.29 is 9.32 Å². The third-order valence-corrected chi connectivity index (χ3v) is 4.44. The number of benzene rings is 2. The lowest BCUT2D eigenvalue weighted by molar-refractivity contribution is 0.0950. The molecule has 1 amide bonds. The molecule has 0 bridgehead atoms. The zero-order valence-electron chi connectivity index (χ0n) is 12.8. The Morgan fingerprint density at radius 3 is 2.72 bits per heavy atom. The molecule has 0 spiro atoms. The van der Waals surface area contributed by atoms with Crippen LogP contribution in [0, 0.1) is 0 Å². The number of aromatic nitrogens is 3. The lowest BCUT2D eigenvalue weighted by atomic mass is 10.1. The lowest BCUT2D eigenvalue weighted by Crippen LogP contribution is -2.22. The van der Waals surface area contributed by atoms with Crippen molar-refractivity contribution in [1.82, 2.24) is 19.2 Å². The average Bonchev–Trinajstić information content (AvgIpc) is 3.29. The van der Waals surface area contributed by atoms with Gasteiger partial charge in [0.15, 0.2) is 5.76 Å². The van der Waals surface area contributed by atoms with Gasteiger partial charge in [-0.1, -0.05) is 16.8 Å². The molecule has 0 aliphatic rings. The highest BCUT2D eigenvalue weighted by atomic mass is 35.5. The molecule has 2 aromatic carbocycles. The van der Waals surface area contributed by atoms with Crippen molar-refractivity contribution in [3.63, 3.8) is 0 Å². The van der Waals surface area contributed by atoms with Gasteiger partial charge in [0.25, 0.3) is 5.91 Å². The highest BCUT2D eigenvalue weighted by molar-refractivity contribution is 7.00. The molecule has 6 nitrogen and oxygen atoms in total. The quantitative estimate of drug-likeness (QED) is 0.588. The van der Waals surface area contributed by atoms with Crippen molar-refractivity contribution in [2.45, 2.75) is 6.54 Å². The maximum atomic E-state index is 12.3. The van der Waals surface area contributed by atoms with Gasteiger partial charge in [0.1, 0.15) is 16.7 Å². The Morgan fingerprint density at radius 2 is 1.88 bits per heavy atom. The van der Waals surface area contributed by atoms with Crippen molar-refractivity contribution in [1.29, 1.82) is 0 Å². The van der Waals surface area contributed by atoms with E-state index >= 15 is 0 Å². The summed E-state index contributed by atoms with van der Waals surface area (Å²) >= 11 is 7.00. The number of nitrogens with zero attached hydrogens (tertiary/aromatic N) is 3. The number of hydrogen-bond donors (Lipinski definition) is 1.